The molecule has 0 aliphatic carbocycles. The molecule has 0 saturated heterocycles. The minimum absolute atomic E-state index is 0.0603. The minimum atomic E-state index is -3.89. The van der Waals surface area contributed by atoms with Crippen LogP contribution in [0.25, 0.3) is 10.8 Å². The number of sulfonamides is 1. The van der Waals surface area contributed by atoms with Gasteiger partial charge in [-0.05, 0) is 53.8 Å². The second kappa shape index (κ2) is 14.8. The summed E-state index contributed by atoms with van der Waals surface area (Å²) in [5, 5.41) is 7.53. The molecule has 3 rings (SSSR count). The fourth-order valence-corrected chi connectivity index (χ4v) is 4.79. The van der Waals surface area contributed by atoms with Crippen LogP contribution in [0.15, 0.2) is 76.7 Å². The Bertz CT molecular complexity index is 1540. The van der Waals surface area contributed by atoms with Crippen LogP contribution in [0.2, 0.25) is 0 Å². The zero-order valence-electron chi connectivity index (χ0n) is 23.3. The van der Waals surface area contributed by atoms with Crippen molar-refractivity contribution in [3.05, 3.63) is 77.9 Å². The number of amides is 2. The highest BCUT2D eigenvalue weighted by atomic mass is 32.2. The summed E-state index contributed by atoms with van der Waals surface area (Å²) in [4.78, 5) is 35.0. The van der Waals surface area contributed by atoms with Crippen LogP contribution < -0.4 is 38.3 Å². The highest BCUT2D eigenvalue weighted by Crippen LogP contribution is 2.25. The molecule has 3 aromatic rings. The quantitative estimate of drug-likeness (QED) is 0.0783. The summed E-state index contributed by atoms with van der Waals surface area (Å²) in [6, 6.07) is 17.7. The zero-order valence-corrected chi connectivity index (χ0v) is 24.1. The molecular formula is C28H37N9O4S. The van der Waals surface area contributed by atoms with Crippen molar-refractivity contribution in [1.29, 1.82) is 0 Å². The fraction of sp³-hybridized carbons (Fsp3) is 0.286. The zero-order chi connectivity index (χ0) is 30.7. The number of hydrogen-bond donors (Lipinski definition) is 7. The lowest BCUT2D eigenvalue weighted by molar-refractivity contribution is -0.129. The third kappa shape index (κ3) is 9.45. The first kappa shape index (κ1) is 31.8. The smallest absolute Gasteiger partial charge is 0.260 e. The first-order chi connectivity index (χ1) is 20.0. The van der Waals surface area contributed by atoms with Crippen LogP contribution >= 0.6 is 0 Å². The largest absolute Gasteiger partial charge is 0.370 e. The van der Waals surface area contributed by atoms with E-state index in [4.69, 9.17) is 22.9 Å². The number of guanidine groups is 2. The first-order valence-electron chi connectivity index (χ1n) is 13.3. The number of rotatable bonds is 14. The molecule has 11 N–H and O–H groups in total. The molecule has 0 spiro atoms. The summed E-state index contributed by atoms with van der Waals surface area (Å²) in [6.07, 6.45) is 0.785. The summed E-state index contributed by atoms with van der Waals surface area (Å²) in [5.41, 5.74) is 23.6. The molecular weight excluding hydrogens is 558 g/mol. The summed E-state index contributed by atoms with van der Waals surface area (Å²) in [6.45, 7) is 2.02. The number of carbonyl (C=O) groups is 2. The lowest BCUT2D eigenvalue weighted by Gasteiger charge is -2.24. The minimum Gasteiger partial charge on any atom is -0.370 e. The highest BCUT2D eigenvalue weighted by Gasteiger charge is 2.30. The van der Waals surface area contributed by atoms with Crippen molar-refractivity contribution in [3.8, 4) is 0 Å². The molecule has 42 heavy (non-hydrogen) atoms. The summed E-state index contributed by atoms with van der Waals surface area (Å²) < 4.78 is 26.7. The first-order valence-corrected chi connectivity index (χ1v) is 14.9. The Kier molecular flexibility index (Phi) is 11.2. The molecule has 2 amide bonds. The van der Waals surface area contributed by atoms with E-state index in [2.05, 4.69) is 25.3 Å². The monoisotopic (exact) mass is 595 g/mol. The molecule has 0 fully saturated rings. The number of carbonyl (C=O) groups excluding carboxylic acids is 2. The molecule has 0 aromatic heterocycles. The van der Waals surface area contributed by atoms with Gasteiger partial charge in [-0.15, -0.1) is 0 Å². The van der Waals surface area contributed by atoms with Crippen molar-refractivity contribution in [2.45, 2.75) is 38.4 Å². The van der Waals surface area contributed by atoms with Gasteiger partial charge in [-0.25, -0.2) is 13.4 Å². The van der Waals surface area contributed by atoms with Crippen LogP contribution in [-0.4, -0.2) is 50.5 Å². The lowest BCUT2D eigenvalue weighted by atomic mass is 9.97. The molecule has 0 aliphatic rings. The second-order valence-corrected chi connectivity index (χ2v) is 11.5. The van der Waals surface area contributed by atoms with E-state index in [0.29, 0.717) is 42.6 Å². The molecule has 3 aromatic carbocycles. The molecule has 0 heterocycles. The van der Waals surface area contributed by atoms with E-state index in [1.54, 1.807) is 30.3 Å². The molecule has 14 heteroatoms. The number of nitrogens with two attached hydrogens (primary N) is 4. The van der Waals surface area contributed by atoms with Crippen molar-refractivity contribution in [2.24, 2.45) is 32.9 Å². The molecule has 0 bridgehead atoms. The van der Waals surface area contributed by atoms with Crippen LogP contribution in [0.4, 0.5) is 5.69 Å². The van der Waals surface area contributed by atoms with Crippen LogP contribution in [0.5, 0.6) is 0 Å². The van der Waals surface area contributed by atoms with Crippen LogP contribution in [0.3, 0.4) is 0 Å². The molecule has 0 aliphatic heterocycles. The van der Waals surface area contributed by atoms with Gasteiger partial charge >= 0.3 is 0 Å². The van der Waals surface area contributed by atoms with E-state index in [0.717, 1.165) is 10.9 Å². The van der Waals surface area contributed by atoms with Gasteiger partial charge in [0.15, 0.2) is 11.9 Å². The van der Waals surface area contributed by atoms with Gasteiger partial charge in [-0.2, -0.15) is 0 Å². The Balaban J connectivity index is 1.88. The highest BCUT2D eigenvalue weighted by molar-refractivity contribution is 7.90. The third-order valence-electron chi connectivity index (χ3n) is 6.33. The van der Waals surface area contributed by atoms with Crippen molar-refractivity contribution >= 4 is 50.2 Å². The van der Waals surface area contributed by atoms with E-state index in [1.165, 1.54) is 6.92 Å². The molecule has 2 atom stereocenters. The number of nitrogens with one attached hydrogen (secondary N) is 3. The fourth-order valence-electron chi connectivity index (χ4n) is 4.22. The Morgan fingerprint density at radius 1 is 0.881 bits per heavy atom. The van der Waals surface area contributed by atoms with E-state index < -0.39 is 33.9 Å². The number of aliphatic imine (C=N–C) groups is 2. The molecule has 0 saturated carbocycles. The van der Waals surface area contributed by atoms with Gasteiger partial charge in [-0.3, -0.25) is 19.3 Å². The normalized spacial score (nSPS) is 12.6. The topological polar surface area (TPSA) is 233 Å². The Hall–Kier alpha value is -4.69. The Morgan fingerprint density at radius 2 is 1.57 bits per heavy atom. The summed E-state index contributed by atoms with van der Waals surface area (Å²) >= 11 is 0. The van der Waals surface area contributed by atoms with Crippen molar-refractivity contribution in [3.63, 3.8) is 0 Å². The van der Waals surface area contributed by atoms with Crippen molar-refractivity contribution in [2.75, 3.05) is 12.3 Å². The maximum absolute atomic E-state index is 13.7. The molecule has 224 valence electrons. The molecule has 13 nitrogen and oxygen atoms in total. The second-order valence-electron chi connectivity index (χ2n) is 9.47. The van der Waals surface area contributed by atoms with Gasteiger partial charge < -0.3 is 33.6 Å². The van der Waals surface area contributed by atoms with Crippen LogP contribution in [0, 0.1) is 0 Å². The number of benzene rings is 3. The number of hydrogen-bond acceptors (Lipinski definition) is 7. The van der Waals surface area contributed by atoms with Crippen LogP contribution in [-0.2, 0) is 26.2 Å². The van der Waals surface area contributed by atoms with Gasteiger partial charge in [-0.1, -0.05) is 54.6 Å². The van der Waals surface area contributed by atoms with Gasteiger partial charge in [0, 0.05) is 13.1 Å². The third-order valence-corrected chi connectivity index (χ3v) is 7.60. The van der Waals surface area contributed by atoms with E-state index in [-0.39, 0.29) is 17.7 Å². The van der Waals surface area contributed by atoms with Gasteiger partial charge in [0.25, 0.3) is 5.91 Å². The van der Waals surface area contributed by atoms with Gasteiger partial charge in [0.05, 0.1) is 17.5 Å². The average molecular weight is 596 g/mol. The lowest BCUT2D eigenvalue weighted by Crippen LogP contribution is -2.49. The summed E-state index contributed by atoms with van der Waals surface area (Å²) in [5.74, 6) is -1.79. The Labute approximate surface area is 244 Å². The Morgan fingerprint density at radius 3 is 2.24 bits per heavy atom. The van der Waals surface area contributed by atoms with E-state index >= 15 is 0 Å². The number of fused-ring (bicyclic) bond motifs is 1. The summed E-state index contributed by atoms with van der Waals surface area (Å²) in [7, 11) is -3.89. The molecule has 0 radical (unpaired) electrons. The molecule has 0 unspecified atom stereocenters. The van der Waals surface area contributed by atoms with Gasteiger partial charge in [0.1, 0.15) is 6.04 Å². The van der Waals surface area contributed by atoms with Crippen LogP contribution in [0.1, 0.15) is 36.9 Å². The van der Waals surface area contributed by atoms with E-state index in [9.17, 15) is 18.0 Å². The predicted octanol–water partition coefficient (Wildman–Crippen LogP) is 0.580. The number of nitrogens with zero attached hydrogens (tertiary/aromatic N) is 2. The predicted molar refractivity (Wildman–Crippen MR) is 165 cm³/mol. The maximum Gasteiger partial charge on any atom is 0.260 e. The van der Waals surface area contributed by atoms with Gasteiger partial charge in [0.2, 0.25) is 15.9 Å². The average Bonchev–Trinajstić information content (AvgIpc) is 2.95. The van der Waals surface area contributed by atoms with Crippen molar-refractivity contribution < 1.29 is 18.0 Å². The maximum atomic E-state index is 13.7. The SMILES string of the molecule is CCS(=O)(=O)NC(=O)[C@@H](NC(=O)[C@H](CCCN=C(N)N)NCc1ccc(N=C(N)N)cc1)c1cccc2ccccc12. The van der Waals surface area contributed by atoms with E-state index in [1.807, 2.05) is 36.4 Å². The standard InChI is InChI=1S/C28H37N9O4S/c1-2-42(40,41)37-26(39)24(22-10-5-8-19-7-3-4-9-21(19)22)36-25(38)23(11-6-16-33-27(29)30)34-17-18-12-14-20(15-13-18)35-28(31)32/h3-5,7-10,12-15,23-24,34H,2,6,11,16-17H2,1H3,(H,36,38)(H,37,39)(H4,29,30,33)(H4,31,32,35)/t23-,24-/m0/s1. The van der Waals surface area contributed by atoms with Crippen molar-refractivity contribution in [1.82, 2.24) is 15.4 Å².